The summed E-state index contributed by atoms with van der Waals surface area (Å²) < 4.78 is 10.0. The molecule has 0 aliphatic heterocycles. The average molecular weight is 362 g/mol. The van der Waals surface area contributed by atoms with Crippen molar-refractivity contribution in [1.29, 1.82) is 0 Å². The van der Waals surface area contributed by atoms with Crippen LogP contribution in [-0.2, 0) is 39.3 Å². The molecule has 0 aromatic heterocycles. The molecule has 0 spiro atoms. The quantitative estimate of drug-likeness (QED) is 0.904. The molecule has 0 bridgehead atoms. The molecule has 0 unspecified atom stereocenters. The van der Waals surface area contributed by atoms with Gasteiger partial charge >= 0.3 is 0 Å². The van der Waals surface area contributed by atoms with Crippen LogP contribution in [0.4, 0.5) is 0 Å². The van der Waals surface area contributed by atoms with Crippen LogP contribution < -0.4 is 14.8 Å². The minimum atomic E-state index is 0. The van der Waals surface area contributed by atoms with E-state index in [4.69, 9.17) is 9.47 Å². The van der Waals surface area contributed by atoms with Crippen molar-refractivity contribution in [1.82, 2.24) is 5.32 Å². The molecule has 21 heavy (non-hydrogen) atoms. The zero-order valence-electron chi connectivity index (χ0n) is 13.2. The van der Waals surface area contributed by atoms with Gasteiger partial charge in [-0.2, -0.15) is 0 Å². The van der Waals surface area contributed by atoms with Crippen LogP contribution in [-0.4, -0.2) is 21.3 Å². The number of hydrogen-bond acceptors (Lipinski definition) is 3. The minimum absolute atomic E-state index is 0. The zero-order valence-corrected chi connectivity index (χ0v) is 16.1. The van der Waals surface area contributed by atoms with Gasteiger partial charge in [0, 0.05) is 39.3 Å². The number of ether oxygens (including phenoxy) is 2. The third-order valence-electron chi connectivity index (χ3n) is 2.77. The van der Waals surface area contributed by atoms with Crippen molar-refractivity contribution in [2.24, 2.45) is 0 Å². The van der Waals surface area contributed by atoms with Gasteiger partial charge in [-0.3, -0.25) is 0 Å². The second kappa shape index (κ2) is 11.7. The second-order valence-corrected chi connectivity index (χ2v) is 4.40. The summed E-state index contributed by atoms with van der Waals surface area (Å²) >= 11 is 0. The molecular formula is C17H23NO2Y. The smallest absolute Gasteiger partial charge is 0.119 e. The Bertz CT molecular complexity index is 500. The van der Waals surface area contributed by atoms with Crippen LogP contribution in [0.1, 0.15) is 11.1 Å². The van der Waals surface area contributed by atoms with Crippen LogP contribution in [0, 0.1) is 6.92 Å². The van der Waals surface area contributed by atoms with Crippen LogP contribution in [0.25, 0.3) is 0 Å². The topological polar surface area (TPSA) is 30.5 Å². The summed E-state index contributed by atoms with van der Waals surface area (Å²) in [5.41, 5.74) is 2.50. The van der Waals surface area contributed by atoms with Gasteiger partial charge in [0.05, 0.1) is 14.2 Å². The van der Waals surface area contributed by atoms with Gasteiger partial charge in [0.1, 0.15) is 11.5 Å². The van der Waals surface area contributed by atoms with Gasteiger partial charge in [0.25, 0.3) is 0 Å². The average Bonchev–Trinajstić information content (AvgIpc) is 2.49. The van der Waals surface area contributed by atoms with Crippen LogP contribution in [0.2, 0.25) is 0 Å². The zero-order chi connectivity index (χ0) is 14.8. The Hall–Kier alpha value is -0.896. The SMILES string of the molecule is CNCc1ccc(OC)cc1.COc1cccc(C)c1.[Y]. The fourth-order valence-corrected chi connectivity index (χ4v) is 1.69. The molecule has 3 nitrogen and oxygen atoms in total. The van der Waals surface area contributed by atoms with Crippen LogP contribution in [0.5, 0.6) is 11.5 Å². The maximum absolute atomic E-state index is 5.03. The van der Waals surface area contributed by atoms with E-state index in [-0.39, 0.29) is 32.7 Å². The first kappa shape index (κ1) is 20.1. The molecule has 2 aromatic rings. The molecule has 0 heterocycles. The molecule has 0 fully saturated rings. The number of aryl methyl sites for hydroxylation is 1. The summed E-state index contributed by atoms with van der Waals surface area (Å²) in [6.45, 7) is 2.95. The molecule has 1 N–H and O–H groups in total. The van der Waals surface area contributed by atoms with Gasteiger partial charge < -0.3 is 14.8 Å². The number of hydrogen-bond donors (Lipinski definition) is 1. The molecule has 0 aliphatic rings. The van der Waals surface area contributed by atoms with E-state index in [2.05, 4.69) is 17.4 Å². The number of benzene rings is 2. The molecule has 0 saturated heterocycles. The number of nitrogens with one attached hydrogen (secondary N) is 1. The molecule has 2 aromatic carbocycles. The molecule has 1 radical (unpaired) electrons. The normalized spacial score (nSPS) is 8.95. The number of rotatable bonds is 4. The predicted molar refractivity (Wildman–Crippen MR) is 83.5 cm³/mol. The fourth-order valence-electron chi connectivity index (χ4n) is 1.69. The molecule has 4 heteroatoms. The molecular weight excluding hydrogens is 339 g/mol. The van der Waals surface area contributed by atoms with Crippen molar-refractivity contribution >= 4 is 0 Å². The minimum Gasteiger partial charge on any atom is -0.497 e. The molecule has 0 saturated carbocycles. The first-order valence-corrected chi connectivity index (χ1v) is 6.57. The first-order valence-electron chi connectivity index (χ1n) is 6.57. The largest absolute Gasteiger partial charge is 0.497 e. The van der Waals surface area contributed by atoms with Crippen LogP contribution in [0.3, 0.4) is 0 Å². The van der Waals surface area contributed by atoms with E-state index < -0.39 is 0 Å². The van der Waals surface area contributed by atoms with E-state index in [0.717, 1.165) is 18.0 Å². The summed E-state index contributed by atoms with van der Waals surface area (Å²) in [6.07, 6.45) is 0. The molecule has 111 valence electrons. The second-order valence-electron chi connectivity index (χ2n) is 4.40. The van der Waals surface area contributed by atoms with Crippen molar-refractivity contribution in [3.63, 3.8) is 0 Å². The van der Waals surface area contributed by atoms with Gasteiger partial charge in [0.15, 0.2) is 0 Å². The van der Waals surface area contributed by atoms with Crippen molar-refractivity contribution in [3.8, 4) is 11.5 Å². The van der Waals surface area contributed by atoms with Gasteiger partial charge in [-0.1, -0.05) is 24.3 Å². The van der Waals surface area contributed by atoms with Crippen molar-refractivity contribution in [2.45, 2.75) is 13.5 Å². The Morgan fingerprint density at radius 2 is 1.52 bits per heavy atom. The standard InChI is InChI=1S/C9H13NO.C8H10O.Y/c1-10-7-8-3-5-9(11-2)6-4-8;1-7-4-3-5-8(6-7)9-2;/h3-6,10H,7H2,1-2H3;3-6H,1-2H3;. The van der Waals surface area contributed by atoms with E-state index in [1.54, 1.807) is 14.2 Å². The Morgan fingerprint density at radius 1 is 0.905 bits per heavy atom. The molecule has 2 rings (SSSR count). The first-order chi connectivity index (χ1) is 9.69. The Kier molecular flexibility index (Phi) is 11.2. The third-order valence-corrected chi connectivity index (χ3v) is 2.77. The third kappa shape index (κ3) is 8.20. The van der Waals surface area contributed by atoms with E-state index in [1.807, 2.05) is 50.4 Å². The Labute approximate surface area is 152 Å². The predicted octanol–water partition coefficient (Wildman–Crippen LogP) is 3.42. The van der Waals surface area contributed by atoms with Crippen molar-refractivity contribution in [2.75, 3.05) is 21.3 Å². The van der Waals surface area contributed by atoms with Gasteiger partial charge in [0.2, 0.25) is 0 Å². The summed E-state index contributed by atoms with van der Waals surface area (Å²) in [6, 6.07) is 16.0. The molecule has 0 aliphatic carbocycles. The van der Waals surface area contributed by atoms with Crippen molar-refractivity contribution in [3.05, 3.63) is 59.7 Å². The monoisotopic (exact) mass is 362 g/mol. The summed E-state index contributed by atoms with van der Waals surface area (Å²) in [5, 5.41) is 3.08. The van der Waals surface area contributed by atoms with Gasteiger partial charge in [-0.25, -0.2) is 0 Å². The van der Waals surface area contributed by atoms with E-state index in [1.165, 1.54) is 11.1 Å². The Balaban J connectivity index is 0.000000370. The van der Waals surface area contributed by atoms with Crippen LogP contribution in [0.15, 0.2) is 48.5 Å². The Morgan fingerprint density at radius 3 is 1.95 bits per heavy atom. The molecule has 0 amide bonds. The van der Waals surface area contributed by atoms with E-state index in [9.17, 15) is 0 Å². The van der Waals surface area contributed by atoms with Crippen LogP contribution >= 0.6 is 0 Å². The van der Waals surface area contributed by atoms with Gasteiger partial charge in [-0.05, 0) is 49.4 Å². The maximum Gasteiger partial charge on any atom is 0.119 e. The van der Waals surface area contributed by atoms with E-state index >= 15 is 0 Å². The number of methoxy groups -OCH3 is 2. The van der Waals surface area contributed by atoms with Gasteiger partial charge in [-0.15, -0.1) is 0 Å². The maximum atomic E-state index is 5.03. The fraction of sp³-hybridized carbons (Fsp3) is 0.294. The summed E-state index contributed by atoms with van der Waals surface area (Å²) in [5.74, 6) is 1.83. The van der Waals surface area contributed by atoms with Crippen molar-refractivity contribution < 1.29 is 42.2 Å². The molecule has 0 atom stereocenters. The van der Waals surface area contributed by atoms with E-state index in [0.29, 0.717) is 0 Å². The summed E-state index contributed by atoms with van der Waals surface area (Å²) in [7, 11) is 5.28. The summed E-state index contributed by atoms with van der Waals surface area (Å²) in [4.78, 5) is 0.